The first-order chi connectivity index (χ1) is 9.24. The molecule has 1 N–H and O–H groups in total. The number of hydrogen-bond donors (Lipinski definition) is 1. The minimum Gasteiger partial charge on any atom is -0.444 e. The maximum atomic E-state index is 6.11. The molecule has 0 atom stereocenters. The molecule has 19 heavy (non-hydrogen) atoms. The van der Waals surface area contributed by atoms with Gasteiger partial charge in [0.05, 0.1) is 0 Å². The Morgan fingerprint density at radius 3 is 2.74 bits per heavy atom. The lowest BCUT2D eigenvalue weighted by Crippen LogP contribution is -2.01. The van der Waals surface area contributed by atoms with Crippen molar-refractivity contribution in [2.45, 2.75) is 6.54 Å². The van der Waals surface area contributed by atoms with Crippen molar-refractivity contribution in [3.63, 3.8) is 0 Å². The molecule has 0 amide bonds. The maximum absolute atomic E-state index is 6.11. The summed E-state index contributed by atoms with van der Waals surface area (Å²) in [4.78, 5) is 4.16. The number of rotatable bonds is 3. The molecule has 0 saturated carbocycles. The van der Waals surface area contributed by atoms with Crippen LogP contribution in [0.15, 0.2) is 46.9 Å². The molecule has 3 rings (SSSR count). The third kappa shape index (κ3) is 2.53. The summed E-state index contributed by atoms with van der Waals surface area (Å²) in [6.45, 7) is 0.531. The summed E-state index contributed by atoms with van der Waals surface area (Å²) < 4.78 is 5.49. The monoisotopic (exact) mass is 292 g/mol. The van der Waals surface area contributed by atoms with Gasteiger partial charge >= 0.3 is 0 Å². The predicted molar refractivity (Wildman–Crippen MR) is 77.8 cm³/mol. The van der Waals surface area contributed by atoms with Crippen molar-refractivity contribution in [1.82, 2.24) is 4.98 Å². The number of furan rings is 1. The van der Waals surface area contributed by atoms with Crippen molar-refractivity contribution in [2.75, 3.05) is 5.32 Å². The molecule has 3 nitrogen and oxygen atoms in total. The molecular weight excluding hydrogens is 283 g/mol. The van der Waals surface area contributed by atoms with Gasteiger partial charge in [-0.25, -0.2) is 4.98 Å². The SMILES string of the molecule is Clc1cccc(NCc2c(Cl)oc3ccccc23)n1. The minimum absolute atomic E-state index is 0.399. The van der Waals surface area contributed by atoms with Crippen LogP contribution in [0, 0.1) is 0 Å². The Balaban J connectivity index is 1.87. The molecule has 2 aromatic heterocycles. The van der Waals surface area contributed by atoms with Crippen LogP contribution in [0.5, 0.6) is 0 Å². The van der Waals surface area contributed by atoms with Crippen LogP contribution in [0.1, 0.15) is 5.56 Å². The second kappa shape index (κ2) is 5.11. The zero-order chi connectivity index (χ0) is 13.2. The minimum atomic E-state index is 0.399. The van der Waals surface area contributed by atoms with E-state index < -0.39 is 0 Å². The van der Waals surface area contributed by atoms with E-state index in [0.717, 1.165) is 16.5 Å². The van der Waals surface area contributed by atoms with Gasteiger partial charge in [-0.2, -0.15) is 0 Å². The average Bonchev–Trinajstić information content (AvgIpc) is 2.72. The van der Waals surface area contributed by atoms with Crippen LogP contribution < -0.4 is 5.32 Å². The molecule has 2 heterocycles. The fourth-order valence-corrected chi connectivity index (χ4v) is 2.33. The van der Waals surface area contributed by atoms with E-state index in [1.165, 1.54) is 0 Å². The lowest BCUT2D eigenvalue weighted by atomic mass is 10.2. The Morgan fingerprint density at radius 1 is 1.05 bits per heavy atom. The average molecular weight is 293 g/mol. The zero-order valence-electron chi connectivity index (χ0n) is 9.86. The molecule has 5 heteroatoms. The summed E-state index contributed by atoms with van der Waals surface area (Å²) in [5.41, 5.74) is 1.70. The highest BCUT2D eigenvalue weighted by molar-refractivity contribution is 6.31. The highest BCUT2D eigenvalue weighted by Gasteiger charge is 2.11. The van der Waals surface area contributed by atoms with Crippen molar-refractivity contribution in [3.05, 3.63) is 58.4 Å². The molecule has 0 aliphatic heterocycles. The van der Waals surface area contributed by atoms with E-state index in [0.29, 0.717) is 22.7 Å². The van der Waals surface area contributed by atoms with E-state index in [-0.39, 0.29) is 0 Å². The predicted octanol–water partition coefficient (Wildman–Crippen LogP) is 4.75. The van der Waals surface area contributed by atoms with Gasteiger partial charge in [-0.15, -0.1) is 0 Å². The molecule has 0 unspecified atom stereocenters. The molecule has 0 spiro atoms. The molecule has 3 aromatic rings. The second-order valence-electron chi connectivity index (χ2n) is 4.05. The molecule has 0 aliphatic rings. The lowest BCUT2D eigenvalue weighted by Gasteiger charge is -2.04. The smallest absolute Gasteiger partial charge is 0.199 e. The number of fused-ring (bicyclic) bond motifs is 1. The van der Waals surface area contributed by atoms with E-state index in [1.54, 1.807) is 6.07 Å². The number of pyridine rings is 1. The number of hydrogen-bond acceptors (Lipinski definition) is 3. The maximum Gasteiger partial charge on any atom is 0.199 e. The Morgan fingerprint density at radius 2 is 1.89 bits per heavy atom. The van der Waals surface area contributed by atoms with E-state index in [1.807, 2.05) is 36.4 Å². The first-order valence-electron chi connectivity index (χ1n) is 5.76. The Labute approximate surface area is 120 Å². The van der Waals surface area contributed by atoms with Crippen LogP contribution in [0.4, 0.5) is 5.82 Å². The number of benzene rings is 1. The van der Waals surface area contributed by atoms with Gasteiger partial charge in [-0.3, -0.25) is 0 Å². The highest BCUT2D eigenvalue weighted by atomic mass is 35.5. The van der Waals surface area contributed by atoms with E-state index in [2.05, 4.69) is 10.3 Å². The summed E-state index contributed by atoms with van der Waals surface area (Å²) in [6, 6.07) is 13.2. The summed E-state index contributed by atoms with van der Waals surface area (Å²) >= 11 is 11.9. The van der Waals surface area contributed by atoms with Gasteiger partial charge in [0.2, 0.25) is 0 Å². The van der Waals surface area contributed by atoms with Crippen LogP contribution in [0.25, 0.3) is 11.0 Å². The standard InChI is InChI=1S/C14H10Cl2N2O/c15-12-6-3-7-13(18-12)17-8-10-9-4-1-2-5-11(9)19-14(10)16/h1-7H,8H2,(H,17,18). The molecule has 0 radical (unpaired) electrons. The topological polar surface area (TPSA) is 38.1 Å². The number of nitrogens with zero attached hydrogens (tertiary/aromatic N) is 1. The van der Waals surface area contributed by atoms with Crippen molar-refractivity contribution in [1.29, 1.82) is 0 Å². The van der Waals surface area contributed by atoms with Crippen LogP contribution in [-0.4, -0.2) is 4.98 Å². The fourth-order valence-electron chi connectivity index (χ4n) is 1.92. The highest BCUT2D eigenvalue weighted by Crippen LogP contribution is 2.30. The number of aromatic nitrogens is 1. The summed E-state index contributed by atoms with van der Waals surface area (Å²) in [7, 11) is 0. The summed E-state index contributed by atoms with van der Waals surface area (Å²) in [6.07, 6.45) is 0. The molecule has 0 saturated heterocycles. The zero-order valence-corrected chi connectivity index (χ0v) is 11.4. The van der Waals surface area contributed by atoms with Crippen molar-refractivity contribution < 1.29 is 4.42 Å². The van der Waals surface area contributed by atoms with E-state index in [4.69, 9.17) is 27.6 Å². The van der Waals surface area contributed by atoms with Crippen LogP contribution >= 0.6 is 23.2 Å². The Kier molecular flexibility index (Phi) is 3.32. The van der Waals surface area contributed by atoms with E-state index >= 15 is 0 Å². The largest absolute Gasteiger partial charge is 0.444 e. The Hall–Kier alpha value is -1.71. The van der Waals surface area contributed by atoms with Gasteiger partial charge in [-0.1, -0.05) is 35.9 Å². The molecule has 1 aromatic carbocycles. The quantitative estimate of drug-likeness (QED) is 0.708. The summed E-state index contributed by atoms with van der Waals surface area (Å²) in [5.74, 6) is 0.703. The third-order valence-corrected chi connectivity index (χ3v) is 3.33. The van der Waals surface area contributed by atoms with Gasteiger partial charge < -0.3 is 9.73 Å². The lowest BCUT2D eigenvalue weighted by molar-refractivity contribution is 0.613. The van der Waals surface area contributed by atoms with Gasteiger partial charge in [0.25, 0.3) is 0 Å². The van der Waals surface area contributed by atoms with Crippen LogP contribution in [0.3, 0.4) is 0 Å². The molecule has 0 aliphatic carbocycles. The number of nitrogens with one attached hydrogen (secondary N) is 1. The van der Waals surface area contributed by atoms with Gasteiger partial charge in [0.1, 0.15) is 16.6 Å². The van der Waals surface area contributed by atoms with Crippen LogP contribution in [0.2, 0.25) is 10.4 Å². The fraction of sp³-hybridized carbons (Fsp3) is 0.0714. The molecular formula is C14H10Cl2N2O. The number of halogens is 2. The third-order valence-electron chi connectivity index (χ3n) is 2.81. The van der Waals surface area contributed by atoms with Crippen molar-refractivity contribution >= 4 is 40.0 Å². The molecule has 0 bridgehead atoms. The first-order valence-corrected chi connectivity index (χ1v) is 6.52. The van der Waals surface area contributed by atoms with Gasteiger partial charge in [-0.05, 0) is 29.8 Å². The van der Waals surface area contributed by atoms with Gasteiger partial charge in [0.15, 0.2) is 5.22 Å². The normalized spacial score (nSPS) is 10.8. The van der Waals surface area contributed by atoms with Crippen LogP contribution in [-0.2, 0) is 6.54 Å². The molecule has 96 valence electrons. The van der Waals surface area contributed by atoms with Crippen molar-refractivity contribution in [3.8, 4) is 0 Å². The van der Waals surface area contributed by atoms with E-state index in [9.17, 15) is 0 Å². The van der Waals surface area contributed by atoms with Crippen molar-refractivity contribution in [2.24, 2.45) is 0 Å². The first kappa shape index (κ1) is 12.3. The number of anilines is 1. The summed E-state index contributed by atoms with van der Waals surface area (Å²) in [5, 5.41) is 5.03. The Bertz CT molecular complexity index is 724. The van der Waals surface area contributed by atoms with Gasteiger partial charge in [0, 0.05) is 17.5 Å². The second-order valence-corrected chi connectivity index (χ2v) is 4.78. The number of para-hydroxylation sites is 1. The molecule has 0 fully saturated rings.